The second kappa shape index (κ2) is 7.99. The molecule has 1 aliphatic heterocycles. The van der Waals surface area contributed by atoms with Crippen molar-refractivity contribution in [2.45, 2.75) is 21.5 Å². The number of phenols is 2. The molecule has 1 unspecified atom stereocenters. The maximum atomic E-state index is 9.33. The highest BCUT2D eigenvalue weighted by Crippen LogP contribution is 2.31. The van der Waals surface area contributed by atoms with Crippen molar-refractivity contribution in [2.24, 2.45) is 0 Å². The molecule has 0 radical (unpaired) electrons. The van der Waals surface area contributed by atoms with Gasteiger partial charge in [-0.25, -0.2) is 0 Å². The predicted molar refractivity (Wildman–Crippen MR) is 97.6 cm³/mol. The summed E-state index contributed by atoms with van der Waals surface area (Å²) in [7, 11) is 0. The van der Waals surface area contributed by atoms with Crippen molar-refractivity contribution in [1.82, 2.24) is 4.90 Å². The maximum absolute atomic E-state index is 9.33. The molecule has 2 aromatic carbocycles. The maximum Gasteiger partial charge on any atom is 0.115 e. The number of likely N-dealkylation sites (tertiary alicyclic amines) is 1. The molecule has 0 bridgehead atoms. The molecule has 1 saturated heterocycles. The molecule has 0 spiro atoms. The number of thioether (sulfide) groups is 2. The lowest BCUT2D eigenvalue weighted by Crippen LogP contribution is -2.23. The van der Waals surface area contributed by atoms with E-state index in [9.17, 15) is 10.2 Å². The molecular weight excluding hydrogens is 326 g/mol. The van der Waals surface area contributed by atoms with Crippen LogP contribution in [0.25, 0.3) is 0 Å². The third kappa shape index (κ3) is 5.09. The van der Waals surface area contributed by atoms with Crippen molar-refractivity contribution in [1.29, 1.82) is 0 Å². The molecule has 2 N–H and O–H groups in total. The van der Waals surface area contributed by atoms with Gasteiger partial charge in [-0.15, -0.1) is 23.5 Å². The van der Waals surface area contributed by atoms with Gasteiger partial charge in [0.15, 0.2) is 0 Å². The molecule has 0 aromatic heterocycles. The first kappa shape index (κ1) is 16.6. The van der Waals surface area contributed by atoms with E-state index in [0.29, 0.717) is 16.7 Å². The lowest BCUT2D eigenvalue weighted by molar-refractivity contribution is 0.363. The Morgan fingerprint density at radius 2 is 1.52 bits per heavy atom. The van der Waals surface area contributed by atoms with Gasteiger partial charge < -0.3 is 15.1 Å². The summed E-state index contributed by atoms with van der Waals surface area (Å²) >= 11 is 3.74. The first-order valence-electron chi connectivity index (χ1n) is 7.79. The van der Waals surface area contributed by atoms with Gasteiger partial charge in [0.25, 0.3) is 0 Å². The number of nitrogens with zero attached hydrogens (tertiary/aromatic N) is 1. The van der Waals surface area contributed by atoms with Crippen LogP contribution in [0, 0.1) is 0 Å². The number of benzene rings is 2. The van der Waals surface area contributed by atoms with Crippen LogP contribution >= 0.6 is 23.5 Å². The number of rotatable bonds is 6. The van der Waals surface area contributed by atoms with Gasteiger partial charge in [0, 0.05) is 33.9 Å². The molecule has 122 valence electrons. The molecule has 1 atom stereocenters. The fraction of sp³-hybridized carbons (Fsp3) is 0.333. The molecule has 0 aliphatic carbocycles. The molecule has 1 heterocycles. The van der Waals surface area contributed by atoms with Gasteiger partial charge in [-0.3, -0.25) is 0 Å². The zero-order chi connectivity index (χ0) is 16.1. The molecule has 1 fully saturated rings. The highest BCUT2D eigenvalue weighted by atomic mass is 32.2. The molecule has 0 amide bonds. The molecule has 0 saturated carbocycles. The van der Waals surface area contributed by atoms with Crippen molar-refractivity contribution in [2.75, 3.05) is 25.4 Å². The standard InChI is InChI=1S/C18H21NO2S2/c20-14-1-5-16(6-2-14)22-12-11-19-10-9-18(13-19)23-17-7-3-15(21)4-8-17/h1-8,18,20-21H,9-13H2. The Kier molecular flexibility index (Phi) is 5.75. The smallest absolute Gasteiger partial charge is 0.115 e. The van der Waals surface area contributed by atoms with E-state index < -0.39 is 0 Å². The van der Waals surface area contributed by atoms with Crippen LogP contribution in [0.3, 0.4) is 0 Å². The molecule has 1 aliphatic rings. The number of phenolic OH excluding ortho intramolecular Hbond substituents is 2. The summed E-state index contributed by atoms with van der Waals surface area (Å²) in [5.41, 5.74) is 0. The van der Waals surface area contributed by atoms with E-state index in [1.165, 1.54) is 16.2 Å². The van der Waals surface area contributed by atoms with Crippen LogP contribution in [0.15, 0.2) is 58.3 Å². The van der Waals surface area contributed by atoms with Crippen molar-refractivity contribution >= 4 is 23.5 Å². The summed E-state index contributed by atoms with van der Waals surface area (Å²) < 4.78 is 0. The normalized spacial score (nSPS) is 18.3. The molecule has 3 rings (SSSR count). The topological polar surface area (TPSA) is 43.7 Å². The Hall–Kier alpha value is -1.30. The average molecular weight is 348 g/mol. The van der Waals surface area contributed by atoms with E-state index in [-0.39, 0.29) is 0 Å². The van der Waals surface area contributed by atoms with Crippen molar-refractivity contribution in [3.05, 3.63) is 48.5 Å². The van der Waals surface area contributed by atoms with Crippen molar-refractivity contribution < 1.29 is 10.2 Å². The highest BCUT2D eigenvalue weighted by molar-refractivity contribution is 8.00. The largest absolute Gasteiger partial charge is 0.508 e. The van der Waals surface area contributed by atoms with E-state index in [1.54, 1.807) is 24.3 Å². The number of hydrogen-bond donors (Lipinski definition) is 2. The van der Waals surface area contributed by atoms with Crippen molar-refractivity contribution in [3.8, 4) is 11.5 Å². The summed E-state index contributed by atoms with van der Waals surface area (Å²) in [6.45, 7) is 3.38. The fourth-order valence-corrected chi connectivity index (χ4v) is 4.75. The van der Waals surface area contributed by atoms with Gasteiger partial charge >= 0.3 is 0 Å². The van der Waals surface area contributed by atoms with Gasteiger partial charge in [0.1, 0.15) is 11.5 Å². The summed E-state index contributed by atoms with van der Waals surface area (Å²) in [5.74, 6) is 1.72. The van der Waals surface area contributed by atoms with E-state index in [2.05, 4.69) is 4.90 Å². The van der Waals surface area contributed by atoms with Gasteiger partial charge in [-0.2, -0.15) is 0 Å². The monoisotopic (exact) mass is 347 g/mol. The zero-order valence-corrected chi connectivity index (χ0v) is 14.5. The van der Waals surface area contributed by atoms with Crippen molar-refractivity contribution in [3.63, 3.8) is 0 Å². The Morgan fingerprint density at radius 1 is 0.913 bits per heavy atom. The molecule has 5 heteroatoms. The highest BCUT2D eigenvalue weighted by Gasteiger charge is 2.22. The summed E-state index contributed by atoms with van der Waals surface area (Å²) in [4.78, 5) is 4.95. The van der Waals surface area contributed by atoms with Crippen LogP contribution in [0.4, 0.5) is 0 Å². The number of aromatic hydroxyl groups is 2. The van der Waals surface area contributed by atoms with E-state index in [0.717, 1.165) is 25.4 Å². The first-order valence-corrected chi connectivity index (χ1v) is 9.65. The third-order valence-electron chi connectivity index (χ3n) is 3.88. The van der Waals surface area contributed by atoms with Gasteiger partial charge in [0.2, 0.25) is 0 Å². The van der Waals surface area contributed by atoms with E-state index in [4.69, 9.17) is 0 Å². The lowest BCUT2D eigenvalue weighted by Gasteiger charge is -2.15. The van der Waals surface area contributed by atoms with Gasteiger partial charge in [-0.05, 0) is 61.5 Å². The predicted octanol–water partition coefficient (Wildman–Crippen LogP) is 4.06. The van der Waals surface area contributed by atoms with Crippen LogP contribution in [0.5, 0.6) is 11.5 Å². The van der Waals surface area contributed by atoms with Gasteiger partial charge in [-0.1, -0.05) is 0 Å². The fourth-order valence-electron chi connectivity index (χ4n) is 2.65. The Bertz CT molecular complexity index is 616. The quantitative estimate of drug-likeness (QED) is 0.772. The molecule has 23 heavy (non-hydrogen) atoms. The van der Waals surface area contributed by atoms with Crippen LogP contribution < -0.4 is 0 Å². The van der Waals surface area contributed by atoms with Gasteiger partial charge in [0.05, 0.1) is 0 Å². The Labute approximate surface area is 145 Å². The van der Waals surface area contributed by atoms with E-state index in [1.807, 2.05) is 47.8 Å². The van der Waals surface area contributed by atoms with Crippen LogP contribution in [-0.2, 0) is 0 Å². The summed E-state index contributed by atoms with van der Waals surface area (Å²) in [6.07, 6.45) is 1.22. The first-order chi connectivity index (χ1) is 11.2. The average Bonchev–Trinajstić information content (AvgIpc) is 2.99. The third-order valence-corrected chi connectivity index (χ3v) is 6.14. The lowest BCUT2D eigenvalue weighted by atomic mass is 10.3. The summed E-state index contributed by atoms with van der Waals surface area (Å²) in [6, 6.07) is 14.9. The molecule has 2 aromatic rings. The van der Waals surface area contributed by atoms with E-state index >= 15 is 0 Å². The van der Waals surface area contributed by atoms with Crippen LogP contribution in [0.1, 0.15) is 6.42 Å². The second-order valence-electron chi connectivity index (χ2n) is 5.67. The minimum absolute atomic E-state index is 0.322. The Balaban J connectivity index is 1.39. The molecular formula is C18H21NO2S2. The minimum atomic E-state index is 0.322. The molecule has 3 nitrogen and oxygen atoms in total. The Morgan fingerprint density at radius 3 is 2.17 bits per heavy atom. The zero-order valence-electron chi connectivity index (χ0n) is 12.9. The summed E-state index contributed by atoms with van der Waals surface area (Å²) in [5, 5.41) is 19.3. The number of hydrogen-bond acceptors (Lipinski definition) is 5. The van der Waals surface area contributed by atoms with Crippen LogP contribution in [-0.4, -0.2) is 45.8 Å². The van der Waals surface area contributed by atoms with Crippen LogP contribution in [0.2, 0.25) is 0 Å². The SMILES string of the molecule is Oc1ccc(SCCN2CCC(Sc3ccc(O)cc3)C2)cc1. The minimum Gasteiger partial charge on any atom is -0.508 e. The second-order valence-corrected chi connectivity index (χ2v) is 8.21.